The van der Waals surface area contributed by atoms with E-state index in [4.69, 9.17) is 4.74 Å². The van der Waals surface area contributed by atoms with E-state index in [-0.39, 0.29) is 6.61 Å². The molecule has 2 rings (SSSR count). The fourth-order valence-electron chi connectivity index (χ4n) is 1.70. The second-order valence-electron chi connectivity index (χ2n) is 3.98. The predicted molar refractivity (Wildman–Crippen MR) is 67.9 cm³/mol. The molecule has 0 aliphatic carbocycles. The van der Waals surface area contributed by atoms with Crippen LogP contribution in [0.5, 0.6) is 5.75 Å². The Hall–Kier alpha value is -1.80. The van der Waals surface area contributed by atoms with Crippen molar-refractivity contribution in [1.82, 2.24) is 0 Å². The SMILES string of the molecule is Cc1ccccc1COc1ccccc1CO. The van der Waals surface area contributed by atoms with Crippen molar-refractivity contribution >= 4 is 0 Å². The van der Waals surface area contributed by atoms with Gasteiger partial charge in [0.1, 0.15) is 12.4 Å². The van der Waals surface area contributed by atoms with Crippen LogP contribution >= 0.6 is 0 Å². The van der Waals surface area contributed by atoms with Crippen molar-refractivity contribution in [2.45, 2.75) is 20.1 Å². The van der Waals surface area contributed by atoms with Crippen molar-refractivity contribution in [1.29, 1.82) is 0 Å². The normalized spacial score (nSPS) is 10.2. The zero-order valence-corrected chi connectivity index (χ0v) is 9.89. The number of aliphatic hydroxyl groups is 1. The first-order valence-electron chi connectivity index (χ1n) is 5.67. The lowest BCUT2D eigenvalue weighted by Crippen LogP contribution is -2.00. The molecule has 88 valence electrons. The summed E-state index contributed by atoms with van der Waals surface area (Å²) in [5.74, 6) is 0.748. The molecule has 0 bridgehead atoms. The number of ether oxygens (including phenoxy) is 1. The van der Waals surface area contributed by atoms with E-state index in [1.54, 1.807) is 0 Å². The summed E-state index contributed by atoms with van der Waals surface area (Å²) in [4.78, 5) is 0. The number of hydrogen-bond donors (Lipinski definition) is 1. The molecule has 0 heterocycles. The largest absolute Gasteiger partial charge is 0.489 e. The van der Waals surface area contributed by atoms with Gasteiger partial charge in [0.25, 0.3) is 0 Å². The number of benzene rings is 2. The van der Waals surface area contributed by atoms with Crippen molar-refractivity contribution in [2.75, 3.05) is 0 Å². The van der Waals surface area contributed by atoms with E-state index in [1.165, 1.54) is 11.1 Å². The molecule has 0 aliphatic heterocycles. The minimum Gasteiger partial charge on any atom is -0.489 e. The number of aliphatic hydroxyl groups excluding tert-OH is 1. The fourth-order valence-corrected chi connectivity index (χ4v) is 1.70. The van der Waals surface area contributed by atoms with Gasteiger partial charge in [-0.15, -0.1) is 0 Å². The van der Waals surface area contributed by atoms with E-state index in [9.17, 15) is 5.11 Å². The standard InChI is InChI=1S/C15H16O2/c1-12-6-2-3-8-14(12)11-17-15-9-5-4-7-13(15)10-16/h2-9,16H,10-11H2,1H3. The van der Waals surface area contributed by atoms with Crippen molar-refractivity contribution in [3.8, 4) is 5.75 Å². The molecule has 2 heteroatoms. The van der Waals surface area contributed by atoms with Crippen LogP contribution in [0.1, 0.15) is 16.7 Å². The zero-order valence-electron chi connectivity index (χ0n) is 9.89. The van der Waals surface area contributed by atoms with E-state index < -0.39 is 0 Å². The Balaban J connectivity index is 2.10. The summed E-state index contributed by atoms with van der Waals surface area (Å²) < 4.78 is 5.73. The molecule has 0 aliphatic rings. The molecule has 0 unspecified atom stereocenters. The van der Waals surface area contributed by atoms with Crippen LogP contribution in [-0.2, 0) is 13.2 Å². The minimum atomic E-state index is 0.00391. The second-order valence-corrected chi connectivity index (χ2v) is 3.98. The van der Waals surface area contributed by atoms with Crippen molar-refractivity contribution < 1.29 is 9.84 Å². The molecule has 0 atom stereocenters. The van der Waals surface area contributed by atoms with Crippen LogP contribution in [-0.4, -0.2) is 5.11 Å². The van der Waals surface area contributed by atoms with Crippen LogP contribution < -0.4 is 4.74 Å². The Kier molecular flexibility index (Phi) is 3.78. The Morgan fingerprint density at radius 1 is 0.941 bits per heavy atom. The Bertz CT molecular complexity index is 492. The van der Waals surface area contributed by atoms with Crippen LogP contribution in [0.3, 0.4) is 0 Å². The van der Waals surface area contributed by atoms with Crippen molar-refractivity contribution in [3.05, 3.63) is 65.2 Å². The summed E-state index contributed by atoms with van der Waals surface area (Å²) in [6.45, 7) is 2.60. The predicted octanol–water partition coefficient (Wildman–Crippen LogP) is 3.07. The third-order valence-corrected chi connectivity index (χ3v) is 2.79. The van der Waals surface area contributed by atoms with Gasteiger partial charge in [-0.05, 0) is 24.1 Å². The Morgan fingerprint density at radius 2 is 1.59 bits per heavy atom. The first-order valence-corrected chi connectivity index (χ1v) is 5.67. The minimum absolute atomic E-state index is 0.00391. The summed E-state index contributed by atoms with van der Waals surface area (Å²) in [5, 5.41) is 9.19. The number of para-hydroxylation sites is 1. The van der Waals surface area contributed by atoms with Gasteiger partial charge in [0, 0.05) is 5.56 Å². The molecule has 0 radical (unpaired) electrons. The highest BCUT2D eigenvalue weighted by molar-refractivity contribution is 5.33. The van der Waals surface area contributed by atoms with Crippen molar-refractivity contribution in [2.24, 2.45) is 0 Å². The van der Waals surface area contributed by atoms with E-state index in [1.807, 2.05) is 36.4 Å². The zero-order chi connectivity index (χ0) is 12.1. The molecule has 0 spiro atoms. The molecule has 2 aromatic carbocycles. The van der Waals surface area contributed by atoms with Crippen LogP contribution in [0.4, 0.5) is 0 Å². The lowest BCUT2D eigenvalue weighted by atomic mass is 10.1. The molecule has 2 nitrogen and oxygen atoms in total. The van der Waals surface area contributed by atoms with E-state index in [0.717, 1.165) is 11.3 Å². The maximum absolute atomic E-state index is 9.19. The van der Waals surface area contributed by atoms with E-state index in [2.05, 4.69) is 19.1 Å². The van der Waals surface area contributed by atoms with Gasteiger partial charge in [-0.3, -0.25) is 0 Å². The third kappa shape index (κ3) is 2.86. The number of rotatable bonds is 4. The van der Waals surface area contributed by atoms with Gasteiger partial charge >= 0.3 is 0 Å². The smallest absolute Gasteiger partial charge is 0.125 e. The lowest BCUT2D eigenvalue weighted by Gasteiger charge is -2.11. The average molecular weight is 228 g/mol. The highest BCUT2D eigenvalue weighted by atomic mass is 16.5. The average Bonchev–Trinajstić information content (AvgIpc) is 2.38. The second kappa shape index (κ2) is 5.51. The molecular weight excluding hydrogens is 212 g/mol. The quantitative estimate of drug-likeness (QED) is 0.871. The topological polar surface area (TPSA) is 29.5 Å². The molecule has 1 N–H and O–H groups in total. The van der Waals surface area contributed by atoms with E-state index >= 15 is 0 Å². The van der Waals surface area contributed by atoms with Crippen LogP contribution in [0.2, 0.25) is 0 Å². The molecule has 0 saturated heterocycles. The van der Waals surface area contributed by atoms with Gasteiger partial charge < -0.3 is 9.84 Å². The highest BCUT2D eigenvalue weighted by Gasteiger charge is 2.03. The summed E-state index contributed by atoms with van der Waals surface area (Å²) in [5.41, 5.74) is 3.20. The molecule has 17 heavy (non-hydrogen) atoms. The highest BCUT2D eigenvalue weighted by Crippen LogP contribution is 2.19. The molecular formula is C15H16O2. The molecule has 2 aromatic rings. The molecule has 0 fully saturated rings. The maximum atomic E-state index is 9.19. The number of aryl methyl sites for hydroxylation is 1. The maximum Gasteiger partial charge on any atom is 0.125 e. The third-order valence-electron chi connectivity index (χ3n) is 2.79. The number of hydrogen-bond acceptors (Lipinski definition) is 2. The van der Waals surface area contributed by atoms with Gasteiger partial charge in [-0.2, -0.15) is 0 Å². The summed E-state index contributed by atoms with van der Waals surface area (Å²) in [6.07, 6.45) is 0. The van der Waals surface area contributed by atoms with Crippen molar-refractivity contribution in [3.63, 3.8) is 0 Å². The molecule has 0 aromatic heterocycles. The summed E-state index contributed by atoms with van der Waals surface area (Å²) in [6, 6.07) is 15.7. The first-order chi connectivity index (χ1) is 8.31. The van der Waals surface area contributed by atoms with Gasteiger partial charge in [-0.25, -0.2) is 0 Å². The lowest BCUT2D eigenvalue weighted by molar-refractivity contribution is 0.259. The van der Waals surface area contributed by atoms with Crippen LogP contribution in [0.15, 0.2) is 48.5 Å². The van der Waals surface area contributed by atoms with Gasteiger partial charge in [0.15, 0.2) is 0 Å². The molecule has 0 amide bonds. The van der Waals surface area contributed by atoms with E-state index in [0.29, 0.717) is 6.61 Å². The Labute approximate surface area is 101 Å². The monoisotopic (exact) mass is 228 g/mol. The summed E-state index contributed by atoms with van der Waals surface area (Å²) >= 11 is 0. The molecule has 0 saturated carbocycles. The van der Waals surface area contributed by atoms with Gasteiger partial charge in [0.2, 0.25) is 0 Å². The Morgan fingerprint density at radius 3 is 2.29 bits per heavy atom. The van der Waals surface area contributed by atoms with Crippen LogP contribution in [0, 0.1) is 6.92 Å². The van der Waals surface area contributed by atoms with Gasteiger partial charge in [0.05, 0.1) is 6.61 Å². The fraction of sp³-hybridized carbons (Fsp3) is 0.200. The summed E-state index contributed by atoms with van der Waals surface area (Å²) in [7, 11) is 0. The first kappa shape index (κ1) is 11.7. The van der Waals surface area contributed by atoms with Crippen LogP contribution in [0.25, 0.3) is 0 Å². The van der Waals surface area contributed by atoms with Gasteiger partial charge in [-0.1, -0.05) is 42.5 Å².